The van der Waals surface area contributed by atoms with Crippen molar-refractivity contribution in [2.24, 2.45) is 0 Å². The molecule has 0 aliphatic rings. The molecule has 0 heterocycles. The van der Waals surface area contributed by atoms with E-state index in [0.717, 1.165) is 6.07 Å². The zero-order valence-corrected chi connectivity index (χ0v) is 11.8. The lowest BCUT2D eigenvalue weighted by atomic mass is 9.99. The van der Waals surface area contributed by atoms with Gasteiger partial charge in [0.1, 0.15) is 5.75 Å². The van der Waals surface area contributed by atoms with Gasteiger partial charge in [-0.3, -0.25) is 4.79 Å². The van der Waals surface area contributed by atoms with E-state index >= 15 is 0 Å². The molecule has 2 rings (SSSR count). The van der Waals surface area contributed by atoms with Crippen molar-refractivity contribution in [1.82, 2.24) is 0 Å². The lowest BCUT2D eigenvalue weighted by Crippen LogP contribution is -2.17. The van der Waals surface area contributed by atoms with Crippen LogP contribution in [0.2, 0.25) is 5.02 Å². The molecule has 110 valence electrons. The highest BCUT2D eigenvalue weighted by molar-refractivity contribution is 6.68. The van der Waals surface area contributed by atoms with Crippen molar-refractivity contribution in [1.29, 1.82) is 0 Å². The highest BCUT2D eigenvalue weighted by Crippen LogP contribution is 2.37. The Labute approximate surface area is 128 Å². The minimum atomic E-state index is -4.85. The summed E-state index contributed by atoms with van der Waals surface area (Å²) in [4.78, 5) is 11.4. The lowest BCUT2D eigenvalue weighted by Gasteiger charge is -2.14. The predicted octanol–water partition coefficient (Wildman–Crippen LogP) is 5.28. The van der Waals surface area contributed by atoms with E-state index in [0.29, 0.717) is 0 Å². The molecular weight excluding hydrogens is 328 g/mol. The van der Waals surface area contributed by atoms with Crippen LogP contribution in [0.1, 0.15) is 10.4 Å². The van der Waals surface area contributed by atoms with Crippen LogP contribution in [0.5, 0.6) is 5.75 Å². The second-order valence-electron chi connectivity index (χ2n) is 4.01. The summed E-state index contributed by atoms with van der Waals surface area (Å²) in [6, 6.07) is 9.56. The maximum atomic E-state index is 12.4. The number of benzene rings is 2. The van der Waals surface area contributed by atoms with Crippen LogP contribution in [-0.4, -0.2) is 11.6 Å². The summed E-state index contributed by atoms with van der Waals surface area (Å²) in [7, 11) is 0. The Morgan fingerprint density at radius 2 is 1.71 bits per heavy atom. The van der Waals surface area contributed by atoms with E-state index in [1.54, 1.807) is 0 Å². The molecule has 2 nitrogen and oxygen atoms in total. The molecule has 0 bridgehead atoms. The molecule has 21 heavy (non-hydrogen) atoms. The monoisotopic (exact) mass is 334 g/mol. The van der Waals surface area contributed by atoms with Gasteiger partial charge >= 0.3 is 6.36 Å². The van der Waals surface area contributed by atoms with E-state index in [2.05, 4.69) is 4.74 Å². The smallest absolute Gasteiger partial charge is 0.405 e. The summed E-state index contributed by atoms with van der Waals surface area (Å²) in [6.07, 6.45) is -4.85. The molecule has 0 fully saturated rings. The van der Waals surface area contributed by atoms with Gasteiger partial charge in [0.2, 0.25) is 0 Å². The molecule has 0 saturated heterocycles. The molecule has 0 spiro atoms. The van der Waals surface area contributed by atoms with Crippen molar-refractivity contribution < 1.29 is 22.7 Å². The summed E-state index contributed by atoms with van der Waals surface area (Å²) in [5, 5.41) is -0.544. The van der Waals surface area contributed by atoms with Crippen LogP contribution in [0.4, 0.5) is 13.2 Å². The number of carbonyl (C=O) groups is 1. The molecule has 0 unspecified atom stereocenters. The fourth-order valence-electron chi connectivity index (χ4n) is 1.81. The maximum absolute atomic E-state index is 12.4. The Morgan fingerprint density at radius 1 is 1.05 bits per heavy atom. The number of hydrogen-bond donors (Lipinski definition) is 0. The fraction of sp³-hybridized carbons (Fsp3) is 0.0714. The van der Waals surface area contributed by atoms with Crippen LogP contribution in [0.25, 0.3) is 11.1 Å². The quantitative estimate of drug-likeness (QED) is 0.713. The average molecular weight is 335 g/mol. The van der Waals surface area contributed by atoms with Gasteiger partial charge in [0, 0.05) is 16.1 Å². The fourth-order valence-corrected chi connectivity index (χ4v) is 2.15. The number of para-hydroxylation sites is 1. The van der Waals surface area contributed by atoms with E-state index in [9.17, 15) is 18.0 Å². The Balaban J connectivity index is 2.62. The summed E-state index contributed by atoms with van der Waals surface area (Å²) in [5.41, 5.74) is 0.281. The number of hydrogen-bond acceptors (Lipinski definition) is 2. The molecule has 0 radical (unpaired) electrons. The van der Waals surface area contributed by atoms with Crippen LogP contribution in [0.3, 0.4) is 0 Å². The van der Waals surface area contributed by atoms with Crippen LogP contribution in [0.15, 0.2) is 42.5 Å². The lowest BCUT2D eigenvalue weighted by molar-refractivity contribution is -0.274. The Hall–Kier alpha value is -1.72. The van der Waals surface area contributed by atoms with Gasteiger partial charge in [0.15, 0.2) is 0 Å². The third-order valence-corrected chi connectivity index (χ3v) is 3.03. The zero-order chi connectivity index (χ0) is 15.6. The van der Waals surface area contributed by atoms with Crippen LogP contribution in [0, 0.1) is 0 Å². The Bertz CT molecular complexity index is 684. The second-order valence-corrected chi connectivity index (χ2v) is 4.79. The summed E-state index contributed by atoms with van der Waals surface area (Å²) < 4.78 is 41.3. The summed E-state index contributed by atoms with van der Waals surface area (Å²) in [6.45, 7) is 0. The molecule has 0 aliphatic heterocycles. The van der Waals surface area contributed by atoms with Crippen molar-refractivity contribution >= 4 is 28.4 Å². The van der Waals surface area contributed by atoms with Gasteiger partial charge in [0.05, 0.1) is 0 Å². The third-order valence-electron chi connectivity index (χ3n) is 2.60. The van der Waals surface area contributed by atoms with E-state index in [-0.39, 0.29) is 21.7 Å². The number of alkyl halides is 3. The van der Waals surface area contributed by atoms with Crippen molar-refractivity contribution in [2.75, 3.05) is 0 Å². The number of carbonyl (C=O) groups excluding carboxylic acids is 1. The van der Waals surface area contributed by atoms with Gasteiger partial charge in [-0.25, -0.2) is 0 Å². The summed E-state index contributed by atoms with van der Waals surface area (Å²) in [5.74, 6) is -0.438. The number of ether oxygens (including phenoxy) is 1. The molecule has 0 aliphatic carbocycles. The SMILES string of the molecule is O=C(Cl)c1ccc(Cl)cc1-c1ccccc1OC(F)(F)F. The zero-order valence-electron chi connectivity index (χ0n) is 10.2. The Morgan fingerprint density at radius 3 is 2.33 bits per heavy atom. The van der Waals surface area contributed by atoms with Gasteiger partial charge in [0.25, 0.3) is 5.24 Å². The summed E-state index contributed by atoms with van der Waals surface area (Å²) >= 11 is 11.3. The van der Waals surface area contributed by atoms with E-state index in [4.69, 9.17) is 23.2 Å². The van der Waals surface area contributed by atoms with Gasteiger partial charge < -0.3 is 4.74 Å². The molecule has 7 heteroatoms. The Kier molecular flexibility index (Phi) is 4.44. The molecule has 0 N–H and O–H groups in total. The minimum absolute atomic E-state index is 0.0410. The van der Waals surface area contributed by atoms with Gasteiger partial charge in [-0.15, -0.1) is 13.2 Å². The van der Waals surface area contributed by atoms with Gasteiger partial charge in [-0.05, 0) is 41.4 Å². The van der Waals surface area contributed by atoms with E-state index in [1.165, 1.54) is 36.4 Å². The van der Waals surface area contributed by atoms with E-state index < -0.39 is 17.4 Å². The van der Waals surface area contributed by atoms with E-state index in [1.807, 2.05) is 0 Å². The van der Waals surface area contributed by atoms with Crippen molar-refractivity contribution in [3.8, 4) is 16.9 Å². The normalized spacial score (nSPS) is 11.3. The first-order chi connectivity index (χ1) is 9.78. The first kappa shape index (κ1) is 15.7. The van der Waals surface area contributed by atoms with Crippen molar-refractivity contribution in [3.63, 3.8) is 0 Å². The highest BCUT2D eigenvalue weighted by atomic mass is 35.5. The van der Waals surface area contributed by atoms with Gasteiger partial charge in [-0.1, -0.05) is 29.8 Å². The highest BCUT2D eigenvalue weighted by Gasteiger charge is 2.32. The van der Waals surface area contributed by atoms with Crippen LogP contribution in [-0.2, 0) is 0 Å². The molecule has 0 amide bonds. The first-order valence-corrected chi connectivity index (χ1v) is 6.38. The minimum Gasteiger partial charge on any atom is -0.405 e. The second kappa shape index (κ2) is 5.95. The maximum Gasteiger partial charge on any atom is 0.573 e. The molecular formula is C14H7Cl2F3O2. The molecule has 2 aromatic rings. The van der Waals surface area contributed by atoms with Crippen LogP contribution < -0.4 is 4.74 Å². The predicted molar refractivity (Wildman–Crippen MR) is 73.8 cm³/mol. The number of halogens is 5. The largest absolute Gasteiger partial charge is 0.573 e. The van der Waals surface area contributed by atoms with Gasteiger partial charge in [-0.2, -0.15) is 0 Å². The third kappa shape index (κ3) is 3.89. The molecule has 2 aromatic carbocycles. The van der Waals surface area contributed by atoms with Crippen molar-refractivity contribution in [3.05, 3.63) is 53.1 Å². The van der Waals surface area contributed by atoms with Crippen molar-refractivity contribution in [2.45, 2.75) is 6.36 Å². The molecule has 0 saturated carbocycles. The molecule has 0 atom stereocenters. The number of rotatable bonds is 3. The topological polar surface area (TPSA) is 26.3 Å². The first-order valence-electron chi connectivity index (χ1n) is 5.62. The van der Waals surface area contributed by atoms with Crippen LogP contribution >= 0.6 is 23.2 Å². The average Bonchev–Trinajstić information content (AvgIpc) is 2.37. The molecule has 0 aromatic heterocycles. The standard InChI is InChI=1S/C14H7Cl2F3O2/c15-8-5-6-10(13(16)20)11(7-8)9-3-1-2-4-12(9)21-14(17,18)19/h1-7H.